The first-order valence-electron chi connectivity index (χ1n) is 6.63. The van der Waals surface area contributed by atoms with Gasteiger partial charge in [-0.1, -0.05) is 23.7 Å². The van der Waals surface area contributed by atoms with Gasteiger partial charge in [0.25, 0.3) is 0 Å². The highest BCUT2D eigenvalue weighted by Gasteiger charge is 2.56. The van der Waals surface area contributed by atoms with Crippen LogP contribution in [0.2, 0.25) is 5.02 Å². The summed E-state index contributed by atoms with van der Waals surface area (Å²) in [6.45, 7) is 5.18. The number of hydrogen-bond acceptors (Lipinski definition) is 4. The van der Waals surface area contributed by atoms with E-state index in [0.29, 0.717) is 10.6 Å². The van der Waals surface area contributed by atoms with Crippen molar-refractivity contribution in [3.05, 3.63) is 46.2 Å². The summed E-state index contributed by atoms with van der Waals surface area (Å²) in [6.07, 6.45) is -0.204. The van der Waals surface area contributed by atoms with Crippen LogP contribution in [0.3, 0.4) is 0 Å². The fourth-order valence-electron chi connectivity index (χ4n) is 2.43. The lowest BCUT2D eigenvalue weighted by Crippen LogP contribution is -2.42. The average molecular weight is 309 g/mol. The van der Waals surface area contributed by atoms with E-state index in [0.717, 1.165) is 0 Å². The summed E-state index contributed by atoms with van der Waals surface area (Å²) in [5.41, 5.74) is -0.935. The highest BCUT2D eigenvalue weighted by atomic mass is 35.5. The van der Waals surface area contributed by atoms with Crippen molar-refractivity contribution in [3.63, 3.8) is 0 Å². The smallest absolute Gasteiger partial charge is 0.242 e. The van der Waals surface area contributed by atoms with Crippen molar-refractivity contribution in [3.8, 4) is 0 Å². The van der Waals surface area contributed by atoms with Crippen LogP contribution in [0.1, 0.15) is 26.3 Å². The molecule has 0 bridgehead atoms. The van der Waals surface area contributed by atoms with Crippen LogP contribution in [0, 0.1) is 0 Å². The largest absolute Gasteiger partial charge is 0.487 e. The van der Waals surface area contributed by atoms with Crippen LogP contribution in [-0.4, -0.2) is 24.8 Å². The average Bonchev–Trinajstić information content (AvgIpc) is 2.62. The van der Waals surface area contributed by atoms with Crippen molar-refractivity contribution < 1.29 is 19.1 Å². The molecule has 4 nitrogen and oxygen atoms in total. The van der Waals surface area contributed by atoms with Gasteiger partial charge in [-0.05, 0) is 38.5 Å². The lowest BCUT2D eigenvalue weighted by atomic mass is 9.88. The second kappa shape index (κ2) is 5.62. The summed E-state index contributed by atoms with van der Waals surface area (Å²) in [6, 6.07) is 6.48. The Morgan fingerprint density at radius 1 is 1.10 bits per heavy atom. The molecule has 5 heteroatoms. The molecule has 21 heavy (non-hydrogen) atoms. The highest BCUT2D eigenvalue weighted by molar-refractivity contribution is 6.31. The second-order valence-corrected chi connectivity index (χ2v) is 5.61. The molecule has 1 aliphatic carbocycles. The predicted octanol–water partition coefficient (Wildman–Crippen LogP) is 3.03. The fraction of sp³-hybridized carbons (Fsp3) is 0.375. The van der Waals surface area contributed by atoms with Crippen molar-refractivity contribution in [2.24, 2.45) is 0 Å². The third kappa shape index (κ3) is 2.39. The number of carbonyl (C=O) groups excluding carboxylic acids is 2. The minimum Gasteiger partial charge on any atom is -0.487 e. The molecule has 1 aromatic carbocycles. The topological polar surface area (TPSA) is 52.6 Å². The van der Waals surface area contributed by atoms with Crippen molar-refractivity contribution in [1.82, 2.24) is 0 Å². The minimum absolute atomic E-state index is 0.0757. The van der Waals surface area contributed by atoms with Gasteiger partial charge in [0.15, 0.2) is 5.76 Å². The van der Waals surface area contributed by atoms with Gasteiger partial charge < -0.3 is 9.47 Å². The van der Waals surface area contributed by atoms with Gasteiger partial charge in [-0.3, -0.25) is 9.59 Å². The number of ketones is 2. The quantitative estimate of drug-likeness (QED) is 0.802. The lowest BCUT2D eigenvalue weighted by molar-refractivity contribution is -0.150. The molecule has 0 heterocycles. The maximum absolute atomic E-state index is 12.7. The Labute approximate surface area is 128 Å². The van der Waals surface area contributed by atoms with Gasteiger partial charge in [0, 0.05) is 17.7 Å². The minimum atomic E-state index is -1.67. The van der Waals surface area contributed by atoms with Crippen LogP contribution in [0.15, 0.2) is 35.6 Å². The van der Waals surface area contributed by atoms with Crippen LogP contribution in [-0.2, 0) is 24.7 Å². The van der Waals surface area contributed by atoms with Crippen LogP contribution >= 0.6 is 11.6 Å². The Balaban J connectivity index is 2.54. The first-order valence-corrected chi connectivity index (χ1v) is 7.00. The number of benzene rings is 1. The molecule has 0 aromatic heterocycles. The van der Waals surface area contributed by atoms with E-state index < -0.39 is 17.2 Å². The molecule has 112 valence electrons. The van der Waals surface area contributed by atoms with Gasteiger partial charge in [0.2, 0.25) is 17.2 Å². The molecule has 1 atom stereocenters. The van der Waals surface area contributed by atoms with Crippen molar-refractivity contribution in [2.75, 3.05) is 7.11 Å². The molecule has 0 aliphatic heterocycles. The van der Waals surface area contributed by atoms with Crippen LogP contribution in [0.5, 0.6) is 0 Å². The number of ether oxygens (including phenoxy) is 2. The molecule has 1 aliphatic rings. The van der Waals surface area contributed by atoms with Gasteiger partial charge in [-0.15, -0.1) is 0 Å². The monoisotopic (exact) mass is 308 g/mol. The second-order valence-electron chi connectivity index (χ2n) is 5.17. The van der Waals surface area contributed by atoms with E-state index in [4.69, 9.17) is 21.1 Å². The van der Waals surface area contributed by atoms with Gasteiger partial charge in [-0.25, -0.2) is 0 Å². The summed E-state index contributed by atoms with van der Waals surface area (Å²) in [4.78, 5) is 25.4. The fourth-order valence-corrected chi connectivity index (χ4v) is 2.55. The standard InChI is InChI=1S/C16H17ClO4/c1-9(2)21-13-10(3)14(18)16(20-4,15(13)19)11-5-7-12(17)8-6-11/h5-9H,1-4H3. The van der Waals surface area contributed by atoms with E-state index in [2.05, 4.69) is 0 Å². The third-order valence-corrected chi connectivity index (χ3v) is 3.69. The maximum atomic E-state index is 12.7. The Kier molecular flexibility index (Phi) is 4.21. The third-order valence-electron chi connectivity index (χ3n) is 3.44. The van der Waals surface area contributed by atoms with Crippen LogP contribution in [0.4, 0.5) is 0 Å². The zero-order valence-corrected chi connectivity index (χ0v) is 13.2. The highest BCUT2D eigenvalue weighted by Crippen LogP contribution is 2.40. The zero-order chi connectivity index (χ0) is 15.8. The predicted molar refractivity (Wildman–Crippen MR) is 79.1 cm³/mol. The van der Waals surface area contributed by atoms with Crippen LogP contribution in [0.25, 0.3) is 0 Å². The molecule has 0 N–H and O–H groups in total. The summed E-state index contributed by atoms with van der Waals surface area (Å²) in [7, 11) is 1.34. The zero-order valence-electron chi connectivity index (χ0n) is 12.4. The van der Waals surface area contributed by atoms with Gasteiger partial charge in [-0.2, -0.15) is 0 Å². The number of halogens is 1. The number of carbonyl (C=O) groups is 2. The molecule has 0 amide bonds. The molecule has 0 saturated heterocycles. The van der Waals surface area contributed by atoms with E-state index in [9.17, 15) is 9.59 Å². The summed E-state index contributed by atoms with van der Waals surface area (Å²) < 4.78 is 10.9. The van der Waals surface area contributed by atoms with Gasteiger partial charge in [0.05, 0.1) is 6.10 Å². The number of rotatable bonds is 4. The van der Waals surface area contributed by atoms with E-state index in [1.54, 1.807) is 45.0 Å². The van der Waals surface area contributed by atoms with Gasteiger partial charge in [0.1, 0.15) is 0 Å². The number of hydrogen-bond donors (Lipinski definition) is 0. The van der Waals surface area contributed by atoms with Crippen molar-refractivity contribution in [2.45, 2.75) is 32.5 Å². The lowest BCUT2D eigenvalue weighted by Gasteiger charge is -2.25. The molecule has 0 saturated carbocycles. The van der Waals surface area contributed by atoms with Crippen molar-refractivity contribution in [1.29, 1.82) is 0 Å². The first-order chi connectivity index (χ1) is 9.84. The van der Waals surface area contributed by atoms with Crippen LogP contribution < -0.4 is 0 Å². The summed E-state index contributed by atoms with van der Waals surface area (Å²) in [5, 5.41) is 0.520. The molecule has 0 spiro atoms. The summed E-state index contributed by atoms with van der Waals surface area (Å²) >= 11 is 5.86. The Morgan fingerprint density at radius 2 is 1.67 bits per heavy atom. The molecular formula is C16H17ClO4. The summed E-state index contributed by atoms with van der Waals surface area (Å²) in [5.74, 6) is -0.789. The molecule has 0 radical (unpaired) electrons. The van der Waals surface area contributed by atoms with Crippen molar-refractivity contribution >= 4 is 23.2 Å². The first kappa shape index (κ1) is 15.7. The Bertz CT molecular complexity index is 616. The SMILES string of the molecule is COC1(c2ccc(Cl)cc2)C(=O)C(C)=C(OC(C)C)C1=O. The number of Topliss-reactive ketones (excluding diaryl/α,β-unsaturated/α-hetero) is 2. The van der Waals surface area contributed by atoms with E-state index in [1.165, 1.54) is 7.11 Å². The van der Waals surface area contributed by atoms with E-state index in [1.807, 2.05) is 0 Å². The molecule has 0 fully saturated rings. The molecule has 1 unspecified atom stereocenters. The normalized spacial score (nSPS) is 22.4. The molecular weight excluding hydrogens is 292 g/mol. The van der Waals surface area contributed by atoms with E-state index >= 15 is 0 Å². The maximum Gasteiger partial charge on any atom is 0.242 e. The molecule has 2 rings (SSSR count). The van der Waals surface area contributed by atoms with E-state index in [-0.39, 0.29) is 17.4 Å². The number of methoxy groups -OCH3 is 1. The Morgan fingerprint density at radius 3 is 2.14 bits per heavy atom. The molecule has 1 aromatic rings. The Hall–Kier alpha value is -1.65. The van der Waals surface area contributed by atoms with Gasteiger partial charge >= 0.3 is 0 Å².